The zero-order valence-corrected chi connectivity index (χ0v) is 8.77. The minimum Gasteiger partial charge on any atom is -0.397 e. The first-order valence-electron chi connectivity index (χ1n) is 4.94. The lowest BCUT2D eigenvalue weighted by Crippen LogP contribution is -2.17. The number of hydrogen-bond acceptors (Lipinski definition) is 2. The SMILES string of the molecule is CN(Cc1cc[nH]c1)c1ccccc1N. The number of anilines is 2. The highest BCUT2D eigenvalue weighted by atomic mass is 15.1. The monoisotopic (exact) mass is 201 g/mol. The smallest absolute Gasteiger partial charge is 0.0600 e. The van der Waals surface area contributed by atoms with Gasteiger partial charge in [0.15, 0.2) is 0 Å². The van der Waals surface area contributed by atoms with Gasteiger partial charge < -0.3 is 15.6 Å². The number of hydrogen-bond donors (Lipinski definition) is 2. The summed E-state index contributed by atoms with van der Waals surface area (Å²) in [4.78, 5) is 5.18. The predicted octanol–water partition coefficient (Wildman–Crippen LogP) is 2.23. The first-order valence-corrected chi connectivity index (χ1v) is 4.94. The van der Waals surface area contributed by atoms with Gasteiger partial charge >= 0.3 is 0 Å². The number of para-hydroxylation sites is 2. The highest BCUT2D eigenvalue weighted by molar-refractivity contribution is 5.66. The van der Waals surface area contributed by atoms with Gasteiger partial charge in [-0.1, -0.05) is 12.1 Å². The molecular formula is C12H15N3. The number of aromatic amines is 1. The molecule has 0 amide bonds. The number of H-pyrrole nitrogens is 1. The Labute approximate surface area is 89.5 Å². The molecule has 0 saturated carbocycles. The molecule has 0 spiro atoms. The summed E-state index contributed by atoms with van der Waals surface area (Å²) in [6.07, 6.45) is 3.92. The summed E-state index contributed by atoms with van der Waals surface area (Å²) in [6.45, 7) is 0.859. The van der Waals surface area contributed by atoms with Gasteiger partial charge in [-0.3, -0.25) is 0 Å². The van der Waals surface area contributed by atoms with Crippen molar-refractivity contribution >= 4 is 11.4 Å². The third kappa shape index (κ3) is 2.13. The van der Waals surface area contributed by atoms with Crippen LogP contribution in [0, 0.1) is 0 Å². The van der Waals surface area contributed by atoms with Gasteiger partial charge in [0.25, 0.3) is 0 Å². The second-order valence-electron chi connectivity index (χ2n) is 3.63. The van der Waals surface area contributed by atoms with E-state index in [-0.39, 0.29) is 0 Å². The van der Waals surface area contributed by atoms with E-state index in [1.807, 2.05) is 43.7 Å². The third-order valence-corrected chi connectivity index (χ3v) is 2.43. The van der Waals surface area contributed by atoms with Gasteiger partial charge in [0, 0.05) is 26.0 Å². The molecule has 78 valence electrons. The summed E-state index contributed by atoms with van der Waals surface area (Å²) in [6, 6.07) is 9.96. The van der Waals surface area contributed by atoms with Crippen molar-refractivity contribution in [1.29, 1.82) is 0 Å². The zero-order chi connectivity index (χ0) is 10.7. The lowest BCUT2D eigenvalue weighted by molar-refractivity contribution is 0.926. The number of aromatic nitrogens is 1. The molecule has 1 aromatic heterocycles. The van der Waals surface area contributed by atoms with Crippen LogP contribution in [-0.2, 0) is 6.54 Å². The Hall–Kier alpha value is -1.90. The fourth-order valence-corrected chi connectivity index (χ4v) is 1.65. The summed E-state index contributed by atoms with van der Waals surface area (Å²) < 4.78 is 0. The van der Waals surface area contributed by atoms with E-state index in [2.05, 4.69) is 16.0 Å². The average molecular weight is 201 g/mol. The van der Waals surface area contributed by atoms with E-state index in [0.717, 1.165) is 17.9 Å². The molecule has 0 atom stereocenters. The van der Waals surface area contributed by atoms with Crippen LogP contribution in [0.5, 0.6) is 0 Å². The van der Waals surface area contributed by atoms with Crippen LogP contribution in [0.15, 0.2) is 42.7 Å². The van der Waals surface area contributed by atoms with Crippen molar-refractivity contribution in [2.45, 2.75) is 6.54 Å². The fourth-order valence-electron chi connectivity index (χ4n) is 1.65. The number of nitrogen functional groups attached to an aromatic ring is 1. The lowest BCUT2D eigenvalue weighted by atomic mass is 10.2. The maximum Gasteiger partial charge on any atom is 0.0600 e. The van der Waals surface area contributed by atoms with Crippen LogP contribution in [0.25, 0.3) is 0 Å². The molecule has 0 aliphatic rings. The van der Waals surface area contributed by atoms with Crippen LogP contribution in [0.4, 0.5) is 11.4 Å². The third-order valence-electron chi connectivity index (χ3n) is 2.43. The highest BCUT2D eigenvalue weighted by Gasteiger charge is 2.04. The van der Waals surface area contributed by atoms with E-state index >= 15 is 0 Å². The maximum absolute atomic E-state index is 5.90. The lowest BCUT2D eigenvalue weighted by Gasteiger charge is -2.20. The quantitative estimate of drug-likeness (QED) is 0.748. The Balaban J connectivity index is 2.15. The maximum atomic E-state index is 5.90. The van der Waals surface area contributed by atoms with Gasteiger partial charge in [-0.05, 0) is 23.8 Å². The Bertz CT molecular complexity index is 420. The Morgan fingerprint density at radius 3 is 2.73 bits per heavy atom. The molecule has 2 aromatic rings. The second kappa shape index (κ2) is 4.09. The largest absolute Gasteiger partial charge is 0.397 e. The van der Waals surface area contributed by atoms with Crippen molar-refractivity contribution in [3.8, 4) is 0 Å². The molecule has 0 radical (unpaired) electrons. The molecule has 1 heterocycles. The summed E-state index contributed by atoms with van der Waals surface area (Å²) in [5.74, 6) is 0. The molecular weight excluding hydrogens is 186 g/mol. The van der Waals surface area contributed by atoms with Gasteiger partial charge in [0.1, 0.15) is 0 Å². The summed E-state index contributed by atoms with van der Waals surface area (Å²) in [5.41, 5.74) is 9.04. The van der Waals surface area contributed by atoms with E-state index < -0.39 is 0 Å². The molecule has 0 fully saturated rings. The molecule has 3 heteroatoms. The summed E-state index contributed by atoms with van der Waals surface area (Å²) >= 11 is 0. The van der Waals surface area contributed by atoms with Gasteiger partial charge in [0.05, 0.1) is 11.4 Å². The van der Waals surface area contributed by atoms with Crippen molar-refractivity contribution in [3.05, 3.63) is 48.3 Å². The molecule has 0 unspecified atom stereocenters. The topological polar surface area (TPSA) is 45.0 Å². The Kier molecular flexibility index (Phi) is 2.63. The van der Waals surface area contributed by atoms with Gasteiger partial charge in [0.2, 0.25) is 0 Å². The van der Waals surface area contributed by atoms with Crippen molar-refractivity contribution < 1.29 is 0 Å². The van der Waals surface area contributed by atoms with Crippen molar-refractivity contribution in [2.75, 3.05) is 17.7 Å². The molecule has 2 rings (SSSR count). The second-order valence-corrected chi connectivity index (χ2v) is 3.63. The normalized spacial score (nSPS) is 10.2. The Morgan fingerprint density at radius 1 is 1.27 bits per heavy atom. The molecule has 0 aliphatic heterocycles. The van der Waals surface area contributed by atoms with E-state index in [0.29, 0.717) is 0 Å². The molecule has 1 aromatic carbocycles. The number of nitrogens with zero attached hydrogens (tertiary/aromatic N) is 1. The van der Waals surface area contributed by atoms with Crippen LogP contribution in [0.1, 0.15) is 5.56 Å². The average Bonchev–Trinajstić information content (AvgIpc) is 2.71. The van der Waals surface area contributed by atoms with Crippen molar-refractivity contribution in [2.24, 2.45) is 0 Å². The van der Waals surface area contributed by atoms with E-state index in [9.17, 15) is 0 Å². The predicted molar refractivity (Wildman–Crippen MR) is 63.8 cm³/mol. The number of benzene rings is 1. The molecule has 3 nitrogen and oxygen atoms in total. The van der Waals surface area contributed by atoms with E-state index in [1.165, 1.54) is 5.56 Å². The minimum atomic E-state index is 0.815. The van der Waals surface area contributed by atoms with Gasteiger partial charge in [-0.25, -0.2) is 0 Å². The standard InChI is InChI=1S/C12H15N3/c1-15(9-10-6-7-14-8-10)12-5-3-2-4-11(12)13/h2-8,14H,9,13H2,1H3. The number of nitrogens with two attached hydrogens (primary N) is 1. The molecule has 0 saturated heterocycles. The zero-order valence-electron chi connectivity index (χ0n) is 8.77. The minimum absolute atomic E-state index is 0.815. The van der Waals surface area contributed by atoms with Crippen LogP contribution in [0.2, 0.25) is 0 Å². The molecule has 0 aliphatic carbocycles. The van der Waals surface area contributed by atoms with Crippen molar-refractivity contribution in [3.63, 3.8) is 0 Å². The summed E-state index contributed by atoms with van der Waals surface area (Å²) in [7, 11) is 2.04. The molecule has 15 heavy (non-hydrogen) atoms. The van der Waals surface area contributed by atoms with Gasteiger partial charge in [-0.15, -0.1) is 0 Å². The molecule has 3 N–H and O–H groups in total. The summed E-state index contributed by atoms with van der Waals surface area (Å²) in [5, 5.41) is 0. The van der Waals surface area contributed by atoms with Crippen molar-refractivity contribution in [1.82, 2.24) is 4.98 Å². The fraction of sp³-hybridized carbons (Fsp3) is 0.167. The Morgan fingerprint density at radius 2 is 2.07 bits per heavy atom. The number of nitrogens with one attached hydrogen (secondary N) is 1. The van der Waals surface area contributed by atoms with Crippen LogP contribution >= 0.6 is 0 Å². The van der Waals surface area contributed by atoms with Gasteiger partial charge in [-0.2, -0.15) is 0 Å². The first kappa shape index (κ1) is 9.65. The highest BCUT2D eigenvalue weighted by Crippen LogP contribution is 2.22. The number of rotatable bonds is 3. The van der Waals surface area contributed by atoms with Crippen LogP contribution in [0.3, 0.4) is 0 Å². The van der Waals surface area contributed by atoms with Crippen LogP contribution in [-0.4, -0.2) is 12.0 Å². The first-order chi connectivity index (χ1) is 7.27. The van der Waals surface area contributed by atoms with E-state index in [4.69, 9.17) is 5.73 Å². The van der Waals surface area contributed by atoms with E-state index in [1.54, 1.807) is 0 Å². The van der Waals surface area contributed by atoms with Crippen LogP contribution < -0.4 is 10.6 Å². The molecule has 0 bridgehead atoms.